The van der Waals surface area contributed by atoms with Crippen LogP contribution in [0.4, 0.5) is 9.18 Å². The first-order chi connectivity index (χ1) is 27.0. The van der Waals surface area contributed by atoms with Crippen LogP contribution in [0.1, 0.15) is 76.7 Å². The summed E-state index contributed by atoms with van der Waals surface area (Å²) < 4.78 is 53.3. The van der Waals surface area contributed by atoms with Gasteiger partial charge in [-0.25, -0.2) is 22.3 Å². The number of sulfonamides is 1. The number of nitrogens with one attached hydrogen (secondary N) is 3. The minimum Gasteiger partial charge on any atom is -0.497 e. The third-order valence-electron chi connectivity index (χ3n) is 11.0. The van der Waals surface area contributed by atoms with E-state index in [1.807, 2.05) is 10.8 Å². The van der Waals surface area contributed by atoms with E-state index < -0.39 is 74.1 Å². The fraction of sp³-hybridized carbons (Fsp3) is 0.500. The van der Waals surface area contributed by atoms with Gasteiger partial charge in [0.05, 0.1) is 18.0 Å². The molecule has 2 aromatic carbocycles. The van der Waals surface area contributed by atoms with E-state index >= 15 is 0 Å². The van der Waals surface area contributed by atoms with Gasteiger partial charge in [-0.2, -0.15) is 4.80 Å². The molecule has 0 radical (unpaired) electrons. The van der Waals surface area contributed by atoms with Gasteiger partial charge < -0.3 is 25.0 Å². The van der Waals surface area contributed by atoms with Gasteiger partial charge in [-0.15, -0.1) is 10.2 Å². The molecule has 3 heterocycles. The molecule has 3 N–H and O–H groups in total. The highest BCUT2D eigenvalue weighted by Crippen LogP contribution is 2.46. The summed E-state index contributed by atoms with van der Waals surface area (Å²) in [5.41, 5.74) is -1.01. The number of tetrazole rings is 1. The number of methoxy groups -OCH3 is 1. The van der Waals surface area contributed by atoms with Crippen LogP contribution >= 0.6 is 0 Å². The largest absolute Gasteiger partial charge is 0.497 e. The van der Waals surface area contributed by atoms with E-state index in [0.29, 0.717) is 36.4 Å². The predicted molar refractivity (Wildman–Crippen MR) is 198 cm³/mol. The molecule has 16 nitrogen and oxygen atoms in total. The van der Waals surface area contributed by atoms with Crippen molar-refractivity contribution >= 4 is 33.8 Å². The number of alkyl carbamates (subject to hydrolysis) is 1. The number of fused-ring (bicyclic) bond motifs is 2. The Balaban J connectivity index is 1.18. The quantitative estimate of drug-likeness (QED) is 0.282. The van der Waals surface area contributed by atoms with Gasteiger partial charge in [-0.3, -0.25) is 14.4 Å². The molecule has 2 aliphatic carbocycles. The molecule has 0 bridgehead atoms. The van der Waals surface area contributed by atoms with E-state index in [4.69, 9.17) is 9.47 Å². The molecule has 56 heavy (non-hydrogen) atoms. The predicted octanol–water partition coefficient (Wildman–Crippen LogP) is 3.57. The molecule has 298 valence electrons. The topological polar surface area (TPSA) is 204 Å². The Morgan fingerprint density at radius 3 is 2.54 bits per heavy atom. The summed E-state index contributed by atoms with van der Waals surface area (Å²) in [6, 6.07) is 8.49. The number of allylic oxidation sites excluding steroid dienone is 1. The zero-order chi connectivity index (χ0) is 39.5. The second-order valence-electron chi connectivity index (χ2n) is 14.8. The summed E-state index contributed by atoms with van der Waals surface area (Å²) in [6.07, 6.45) is 9.29. The molecule has 2 saturated carbocycles. The molecule has 3 aromatic rings. The smallest absolute Gasteiger partial charge is 0.408 e. The molecule has 7 rings (SSSR count). The van der Waals surface area contributed by atoms with Gasteiger partial charge >= 0.3 is 6.09 Å². The second kappa shape index (κ2) is 16.4. The number of carbonyl (C=O) groups is 4. The van der Waals surface area contributed by atoms with Crippen molar-refractivity contribution in [2.24, 2.45) is 5.92 Å². The number of ether oxygens (including phenoxy) is 2. The number of benzene rings is 2. The van der Waals surface area contributed by atoms with Crippen LogP contribution < -0.4 is 20.1 Å². The first-order valence-corrected chi connectivity index (χ1v) is 20.5. The van der Waals surface area contributed by atoms with Gasteiger partial charge in [-0.05, 0) is 99.0 Å². The summed E-state index contributed by atoms with van der Waals surface area (Å²) in [5, 5.41) is 18.6. The van der Waals surface area contributed by atoms with E-state index in [1.54, 1.807) is 37.5 Å². The molecule has 18 heteroatoms. The average molecular weight is 793 g/mol. The van der Waals surface area contributed by atoms with Crippen molar-refractivity contribution in [2.45, 2.75) is 105 Å². The third kappa shape index (κ3) is 8.54. The van der Waals surface area contributed by atoms with Crippen LogP contribution in [0.3, 0.4) is 0 Å². The van der Waals surface area contributed by atoms with Gasteiger partial charge in [-0.1, -0.05) is 31.1 Å². The standard InChI is InChI=1S/C38H45FN8O8S/c1-54-28-18-16-24(17-19-28)33-42-45-47(43-33)27-21-32-34(48)41-38(36(50)44-56(52,53)30-14-9-11-26(39)20-30)22-25(38)10-5-3-2-4-6-15-31(35(49)46(32)23-27)40-37(51)55-29-12-7-8-13-29/h5,9-11,14,16-20,25,27,29,31-32H,2-4,6-8,12-13,15,21-23H2,1H3,(H,40,51)(H,41,48)(H,44,50)/b10-5-/t25-,27-,31-,32+,38+/m1/s1. The second-order valence-corrected chi connectivity index (χ2v) is 16.5. The van der Waals surface area contributed by atoms with Crippen LogP contribution in [0, 0.1) is 11.7 Å². The summed E-state index contributed by atoms with van der Waals surface area (Å²) >= 11 is 0. The van der Waals surface area contributed by atoms with E-state index in [2.05, 4.69) is 26.0 Å². The lowest BCUT2D eigenvalue weighted by Crippen LogP contribution is -2.58. The molecule has 0 unspecified atom stereocenters. The van der Waals surface area contributed by atoms with Crippen LogP contribution in [0.2, 0.25) is 0 Å². The molecule has 2 aliphatic heterocycles. The lowest BCUT2D eigenvalue weighted by molar-refractivity contribution is -0.141. The van der Waals surface area contributed by atoms with Crippen molar-refractivity contribution in [3.63, 3.8) is 0 Å². The number of hydrogen-bond donors (Lipinski definition) is 3. The Labute approximate surface area is 323 Å². The molecule has 4 aliphatic rings. The number of aromatic nitrogens is 4. The van der Waals surface area contributed by atoms with Crippen molar-refractivity contribution < 1.29 is 41.5 Å². The lowest BCUT2D eigenvalue weighted by Gasteiger charge is -2.30. The van der Waals surface area contributed by atoms with E-state index in [1.165, 1.54) is 15.8 Å². The van der Waals surface area contributed by atoms with Crippen molar-refractivity contribution in [1.29, 1.82) is 0 Å². The Hall–Kier alpha value is -5.39. The molecule has 4 amide bonds. The summed E-state index contributed by atoms with van der Waals surface area (Å²) in [5.74, 6) is -2.60. The zero-order valence-electron chi connectivity index (χ0n) is 30.9. The first-order valence-electron chi connectivity index (χ1n) is 19.0. The maximum absolute atomic E-state index is 14.5. The minimum absolute atomic E-state index is 0.0228. The van der Waals surface area contributed by atoms with E-state index in [0.717, 1.165) is 56.7 Å². The normalized spacial score (nSPS) is 26.5. The summed E-state index contributed by atoms with van der Waals surface area (Å²) in [4.78, 5) is 58.2. The summed E-state index contributed by atoms with van der Waals surface area (Å²) in [7, 11) is -2.96. The van der Waals surface area contributed by atoms with Gasteiger partial charge in [0.1, 0.15) is 35.3 Å². The van der Waals surface area contributed by atoms with Crippen LogP contribution in [0.25, 0.3) is 11.4 Å². The van der Waals surface area contributed by atoms with Crippen molar-refractivity contribution in [3.05, 3.63) is 66.5 Å². The van der Waals surface area contributed by atoms with Crippen molar-refractivity contribution in [2.75, 3.05) is 13.7 Å². The van der Waals surface area contributed by atoms with Crippen LogP contribution in [0.15, 0.2) is 65.6 Å². The number of amides is 4. The minimum atomic E-state index is -4.51. The molecule has 1 saturated heterocycles. The van der Waals surface area contributed by atoms with E-state index in [9.17, 15) is 32.0 Å². The fourth-order valence-corrected chi connectivity index (χ4v) is 8.81. The highest BCUT2D eigenvalue weighted by molar-refractivity contribution is 7.90. The van der Waals surface area contributed by atoms with E-state index in [-0.39, 0.29) is 25.5 Å². The number of halogens is 1. The third-order valence-corrected chi connectivity index (χ3v) is 12.3. The SMILES string of the molecule is COc1ccc(-c2nnn([C@@H]3C[C@H]4C(=O)N[C@@]5(C(=O)NS(=O)(=O)c6cccc(F)c6)C[C@H]5/C=C\CCCCC[C@@H](NC(=O)OC5CCCC5)C(=O)N4C3)n2)cc1. The highest BCUT2D eigenvalue weighted by Gasteiger charge is 2.61. The maximum Gasteiger partial charge on any atom is 0.408 e. The monoisotopic (exact) mass is 792 g/mol. The number of carbonyl (C=O) groups excluding carboxylic acids is 4. The van der Waals surface area contributed by atoms with Gasteiger partial charge in [0.15, 0.2) is 0 Å². The average Bonchev–Trinajstić information content (AvgIpc) is 3.65. The maximum atomic E-state index is 14.5. The van der Waals surface area contributed by atoms with Gasteiger partial charge in [0, 0.05) is 24.4 Å². The zero-order valence-corrected chi connectivity index (χ0v) is 31.8. The Kier molecular flexibility index (Phi) is 11.4. The number of hydrogen-bond acceptors (Lipinski definition) is 11. The molecular formula is C38H45FN8O8S. The van der Waals surface area contributed by atoms with Gasteiger partial charge in [0.2, 0.25) is 17.6 Å². The van der Waals surface area contributed by atoms with Gasteiger partial charge in [0.25, 0.3) is 15.9 Å². The van der Waals surface area contributed by atoms with Crippen LogP contribution in [-0.4, -0.2) is 94.7 Å². The molecule has 1 aromatic heterocycles. The molecular weight excluding hydrogens is 748 g/mol. The Morgan fingerprint density at radius 1 is 1.02 bits per heavy atom. The van der Waals surface area contributed by atoms with Crippen molar-refractivity contribution in [1.82, 2.24) is 40.5 Å². The molecule has 0 spiro atoms. The van der Waals surface area contributed by atoms with Crippen molar-refractivity contribution in [3.8, 4) is 17.1 Å². The number of nitrogens with zero attached hydrogens (tertiary/aromatic N) is 5. The molecule has 3 fully saturated rings. The number of rotatable bonds is 8. The van der Waals surface area contributed by atoms with Crippen LogP contribution in [-0.2, 0) is 29.1 Å². The summed E-state index contributed by atoms with van der Waals surface area (Å²) in [6.45, 7) is -0.0261. The fourth-order valence-electron chi connectivity index (χ4n) is 7.74. The van der Waals surface area contributed by atoms with Crippen LogP contribution in [0.5, 0.6) is 5.75 Å². The Morgan fingerprint density at radius 2 is 1.79 bits per heavy atom. The Bertz CT molecular complexity index is 2090. The molecule has 5 atom stereocenters. The highest BCUT2D eigenvalue weighted by atomic mass is 32.2. The first kappa shape index (κ1) is 38.9. The lowest BCUT2D eigenvalue weighted by atomic mass is 10.0.